The Balaban J connectivity index is 2.25. The Morgan fingerprint density at radius 2 is 2.29 bits per heavy atom. The molecule has 0 bridgehead atoms. The molecule has 6 heteroatoms. The smallest absolute Gasteiger partial charge is 0.341 e. The van der Waals surface area contributed by atoms with Crippen LogP contribution >= 0.6 is 0 Å². The summed E-state index contributed by atoms with van der Waals surface area (Å²) >= 11 is 0. The van der Waals surface area contributed by atoms with Crippen molar-refractivity contribution in [3.8, 4) is 0 Å². The molecule has 1 aromatic rings. The van der Waals surface area contributed by atoms with Crippen molar-refractivity contribution in [3.63, 3.8) is 0 Å². The van der Waals surface area contributed by atoms with E-state index < -0.39 is 0 Å². The number of esters is 1. The quantitative estimate of drug-likeness (QED) is 0.733. The molecule has 0 unspecified atom stereocenters. The minimum atomic E-state index is -0.355. The van der Waals surface area contributed by atoms with Crippen LogP contribution < -0.4 is 5.32 Å². The molecule has 17 heavy (non-hydrogen) atoms. The van der Waals surface area contributed by atoms with Gasteiger partial charge >= 0.3 is 5.97 Å². The van der Waals surface area contributed by atoms with Crippen molar-refractivity contribution in [3.05, 3.63) is 17.5 Å². The first-order valence-electron chi connectivity index (χ1n) is 5.47. The molecule has 2 rings (SSSR count). The summed E-state index contributed by atoms with van der Waals surface area (Å²) in [6.07, 6.45) is 2.19. The van der Waals surface area contributed by atoms with Gasteiger partial charge in [0.15, 0.2) is 0 Å². The third-order valence-electron chi connectivity index (χ3n) is 3.28. The van der Waals surface area contributed by atoms with E-state index in [1.165, 1.54) is 13.3 Å². The number of hydrogen-bond donors (Lipinski definition) is 1. The Labute approximate surface area is 99.9 Å². The van der Waals surface area contributed by atoms with E-state index in [0.29, 0.717) is 12.0 Å². The lowest BCUT2D eigenvalue weighted by Gasteiger charge is -2.41. The van der Waals surface area contributed by atoms with Crippen LogP contribution in [0.3, 0.4) is 0 Å². The first-order chi connectivity index (χ1) is 8.12. The summed E-state index contributed by atoms with van der Waals surface area (Å²) in [5.74, 6) is -0.355. The van der Waals surface area contributed by atoms with Crippen molar-refractivity contribution < 1.29 is 14.3 Å². The molecule has 0 saturated carbocycles. The Kier molecular flexibility index (Phi) is 3.17. The molecule has 0 spiro atoms. The van der Waals surface area contributed by atoms with Crippen molar-refractivity contribution in [2.75, 3.05) is 27.3 Å². The maximum atomic E-state index is 11.6. The van der Waals surface area contributed by atoms with Gasteiger partial charge in [0.2, 0.25) is 0 Å². The number of ether oxygens (including phenoxy) is 2. The van der Waals surface area contributed by atoms with Gasteiger partial charge in [-0.15, -0.1) is 0 Å². The van der Waals surface area contributed by atoms with Crippen LogP contribution in [0.15, 0.2) is 6.20 Å². The lowest BCUT2D eigenvalue weighted by atomic mass is 9.90. The molecule has 0 radical (unpaired) electrons. The van der Waals surface area contributed by atoms with Crippen LogP contribution in [-0.4, -0.2) is 48.7 Å². The zero-order valence-electron chi connectivity index (χ0n) is 10.3. The van der Waals surface area contributed by atoms with E-state index in [0.717, 1.165) is 18.8 Å². The van der Waals surface area contributed by atoms with Crippen LogP contribution in [0.4, 0.5) is 0 Å². The van der Waals surface area contributed by atoms with Crippen LogP contribution in [0.1, 0.15) is 16.1 Å². The molecule has 0 aromatic carbocycles. The highest BCUT2D eigenvalue weighted by Gasteiger charge is 2.39. The van der Waals surface area contributed by atoms with Gasteiger partial charge in [-0.05, 0) is 0 Å². The molecule has 1 fully saturated rings. The van der Waals surface area contributed by atoms with Crippen molar-refractivity contribution >= 4 is 5.97 Å². The fourth-order valence-corrected chi connectivity index (χ4v) is 2.00. The summed E-state index contributed by atoms with van der Waals surface area (Å²) in [5, 5.41) is 7.28. The van der Waals surface area contributed by atoms with E-state index in [-0.39, 0.29) is 11.6 Å². The molecule has 94 valence electrons. The van der Waals surface area contributed by atoms with E-state index in [1.807, 2.05) is 7.05 Å². The minimum absolute atomic E-state index is 0.226. The number of carbonyl (C=O) groups is 1. The van der Waals surface area contributed by atoms with Gasteiger partial charge in [-0.2, -0.15) is 5.10 Å². The average Bonchev–Trinajstić information content (AvgIpc) is 2.64. The molecule has 1 aromatic heterocycles. The van der Waals surface area contributed by atoms with Crippen LogP contribution in [0, 0.1) is 0 Å². The molecule has 1 saturated heterocycles. The summed E-state index contributed by atoms with van der Waals surface area (Å²) in [6.45, 7) is 1.57. The van der Waals surface area contributed by atoms with Gasteiger partial charge < -0.3 is 14.8 Å². The standard InChI is InChI=1S/C11H17N3O3/c1-14-9(4-11(17-3)6-12-7-11)8(5-13-14)10(15)16-2/h5,12H,4,6-7H2,1-3H3. The molecule has 1 N–H and O–H groups in total. The highest BCUT2D eigenvalue weighted by atomic mass is 16.5. The predicted molar refractivity (Wildman–Crippen MR) is 60.9 cm³/mol. The summed E-state index contributed by atoms with van der Waals surface area (Å²) in [7, 11) is 4.88. The number of nitrogens with one attached hydrogen (secondary N) is 1. The second-order valence-corrected chi connectivity index (χ2v) is 4.29. The second kappa shape index (κ2) is 4.46. The molecule has 1 aliphatic heterocycles. The molecule has 2 heterocycles. The molecule has 0 amide bonds. The summed E-state index contributed by atoms with van der Waals surface area (Å²) in [4.78, 5) is 11.6. The summed E-state index contributed by atoms with van der Waals surface area (Å²) in [5.41, 5.74) is 1.13. The van der Waals surface area contributed by atoms with Crippen molar-refractivity contribution in [1.29, 1.82) is 0 Å². The predicted octanol–water partition coefficient (Wildman–Crippen LogP) is -0.262. The Morgan fingerprint density at radius 3 is 2.76 bits per heavy atom. The lowest BCUT2D eigenvalue weighted by Crippen LogP contribution is -2.62. The number of carbonyl (C=O) groups excluding carboxylic acids is 1. The van der Waals surface area contributed by atoms with E-state index in [1.54, 1.807) is 11.8 Å². The van der Waals surface area contributed by atoms with Gasteiger partial charge in [-0.25, -0.2) is 4.79 Å². The largest absolute Gasteiger partial charge is 0.465 e. The van der Waals surface area contributed by atoms with Gasteiger partial charge in [0.05, 0.1) is 24.6 Å². The third kappa shape index (κ3) is 2.05. The zero-order valence-corrected chi connectivity index (χ0v) is 10.3. The molecule has 0 aliphatic carbocycles. The highest BCUT2D eigenvalue weighted by Crippen LogP contribution is 2.23. The van der Waals surface area contributed by atoms with Gasteiger partial charge in [0.25, 0.3) is 0 Å². The monoisotopic (exact) mass is 239 g/mol. The SMILES string of the molecule is COC(=O)c1cnn(C)c1CC1(OC)CNC1. The fraction of sp³-hybridized carbons (Fsp3) is 0.636. The maximum Gasteiger partial charge on any atom is 0.341 e. The first-order valence-corrected chi connectivity index (χ1v) is 5.47. The second-order valence-electron chi connectivity index (χ2n) is 4.29. The lowest BCUT2D eigenvalue weighted by molar-refractivity contribution is -0.0515. The molecule has 1 aliphatic rings. The van der Waals surface area contributed by atoms with Crippen LogP contribution in [0.5, 0.6) is 0 Å². The third-order valence-corrected chi connectivity index (χ3v) is 3.28. The van der Waals surface area contributed by atoms with Gasteiger partial charge in [-0.1, -0.05) is 0 Å². The number of aromatic nitrogens is 2. The highest BCUT2D eigenvalue weighted by molar-refractivity contribution is 5.90. The molecular formula is C11H17N3O3. The number of rotatable bonds is 4. The van der Waals surface area contributed by atoms with Gasteiger partial charge in [0, 0.05) is 33.7 Å². The number of nitrogens with zero attached hydrogens (tertiary/aromatic N) is 2. The van der Waals surface area contributed by atoms with E-state index in [4.69, 9.17) is 9.47 Å². The van der Waals surface area contributed by atoms with Crippen molar-refractivity contribution in [2.45, 2.75) is 12.0 Å². The number of hydrogen-bond acceptors (Lipinski definition) is 5. The van der Waals surface area contributed by atoms with E-state index in [9.17, 15) is 4.79 Å². The summed E-state index contributed by atoms with van der Waals surface area (Å²) in [6, 6.07) is 0. The van der Waals surface area contributed by atoms with Crippen LogP contribution in [-0.2, 0) is 22.9 Å². The van der Waals surface area contributed by atoms with Gasteiger partial charge in [-0.3, -0.25) is 4.68 Å². The van der Waals surface area contributed by atoms with E-state index in [2.05, 4.69) is 10.4 Å². The van der Waals surface area contributed by atoms with Gasteiger partial charge in [0.1, 0.15) is 5.56 Å². The fourth-order valence-electron chi connectivity index (χ4n) is 2.00. The first kappa shape index (κ1) is 12.1. The Hall–Kier alpha value is -1.40. The zero-order chi connectivity index (χ0) is 12.5. The summed E-state index contributed by atoms with van der Waals surface area (Å²) < 4.78 is 12.0. The molecular weight excluding hydrogens is 222 g/mol. The van der Waals surface area contributed by atoms with Crippen molar-refractivity contribution in [2.24, 2.45) is 7.05 Å². The maximum absolute atomic E-state index is 11.6. The minimum Gasteiger partial charge on any atom is -0.465 e. The van der Waals surface area contributed by atoms with E-state index >= 15 is 0 Å². The molecule has 6 nitrogen and oxygen atoms in total. The Morgan fingerprint density at radius 1 is 1.59 bits per heavy atom. The number of methoxy groups -OCH3 is 2. The van der Waals surface area contributed by atoms with Crippen LogP contribution in [0.25, 0.3) is 0 Å². The average molecular weight is 239 g/mol. The Bertz CT molecular complexity index is 418. The normalized spacial score (nSPS) is 17.6. The molecule has 0 atom stereocenters. The van der Waals surface area contributed by atoms with Crippen LogP contribution in [0.2, 0.25) is 0 Å². The van der Waals surface area contributed by atoms with Crippen molar-refractivity contribution in [1.82, 2.24) is 15.1 Å². The number of aryl methyl sites for hydroxylation is 1. The topological polar surface area (TPSA) is 65.4 Å².